The van der Waals surface area contributed by atoms with Crippen LogP contribution in [0.25, 0.3) is 0 Å². The highest BCUT2D eigenvalue weighted by Crippen LogP contribution is 2.38. The number of hydrogen-bond acceptors (Lipinski definition) is 4. The molecule has 0 saturated heterocycles. The number of ether oxygens (including phenoxy) is 3. The molecule has 6 heteroatoms. The second-order valence-electron chi connectivity index (χ2n) is 5.76. The van der Waals surface area contributed by atoms with Crippen LogP contribution >= 0.6 is 11.6 Å². The van der Waals surface area contributed by atoms with E-state index in [9.17, 15) is 4.79 Å². The maximum absolute atomic E-state index is 12.2. The summed E-state index contributed by atoms with van der Waals surface area (Å²) in [5.74, 6) is 1.83. The fourth-order valence-electron chi connectivity index (χ4n) is 2.62. The van der Waals surface area contributed by atoms with Gasteiger partial charge < -0.3 is 19.5 Å². The van der Waals surface area contributed by atoms with Crippen molar-refractivity contribution in [3.63, 3.8) is 0 Å². The monoisotopic (exact) mass is 361 g/mol. The second-order valence-corrected chi connectivity index (χ2v) is 6.17. The first-order chi connectivity index (χ1) is 12.2. The van der Waals surface area contributed by atoms with Crippen LogP contribution in [0.15, 0.2) is 36.4 Å². The van der Waals surface area contributed by atoms with Gasteiger partial charge in [0.25, 0.3) is 0 Å². The number of nitrogens with one attached hydrogen (secondary N) is 1. The van der Waals surface area contributed by atoms with E-state index in [1.807, 2.05) is 30.3 Å². The molecule has 1 amide bonds. The molecule has 3 rings (SSSR count). The van der Waals surface area contributed by atoms with Gasteiger partial charge in [0.2, 0.25) is 5.91 Å². The Hall–Kier alpha value is -2.40. The van der Waals surface area contributed by atoms with E-state index >= 15 is 0 Å². The number of hydrogen-bond donors (Lipinski definition) is 1. The summed E-state index contributed by atoms with van der Waals surface area (Å²) in [6.07, 6.45) is 1.03. The molecule has 2 aromatic rings. The van der Waals surface area contributed by atoms with Crippen molar-refractivity contribution in [2.45, 2.75) is 19.4 Å². The molecule has 0 aliphatic carbocycles. The van der Waals surface area contributed by atoms with E-state index in [1.165, 1.54) is 0 Å². The van der Waals surface area contributed by atoms with Crippen LogP contribution in [0.1, 0.15) is 17.5 Å². The minimum atomic E-state index is -0.0895. The summed E-state index contributed by atoms with van der Waals surface area (Å²) in [5, 5.41) is 3.37. The maximum Gasteiger partial charge on any atom is 0.224 e. The van der Waals surface area contributed by atoms with Crippen LogP contribution in [-0.4, -0.2) is 26.2 Å². The Labute approximate surface area is 151 Å². The van der Waals surface area contributed by atoms with Crippen molar-refractivity contribution in [1.82, 2.24) is 5.32 Å². The van der Waals surface area contributed by atoms with E-state index in [-0.39, 0.29) is 12.3 Å². The van der Waals surface area contributed by atoms with Gasteiger partial charge in [0.1, 0.15) is 5.75 Å². The summed E-state index contributed by atoms with van der Waals surface area (Å²) in [4.78, 5) is 12.2. The highest BCUT2D eigenvalue weighted by Gasteiger charge is 2.16. The van der Waals surface area contributed by atoms with Crippen LogP contribution in [0.2, 0.25) is 5.02 Å². The first kappa shape index (κ1) is 17.4. The van der Waals surface area contributed by atoms with Crippen LogP contribution in [-0.2, 0) is 17.8 Å². The molecule has 0 aromatic heterocycles. The van der Waals surface area contributed by atoms with E-state index in [4.69, 9.17) is 25.8 Å². The van der Waals surface area contributed by atoms with Gasteiger partial charge in [0, 0.05) is 13.0 Å². The first-order valence-electron chi connectivity index (χ1n) is 8.13. The highest BCUT2D eigenvalue weighted by molar-refractivity contribution is 6.32. The average Bonchev–Trinajstić information content (AvgIpc) is 2.86. The summed E-state index contributed by atoms with van der Waals surface area (Å²) in [6, 6.07) is 11.2. The van der Waals surface area contributed by atoms with Crippen LogP contribution in [0.4, 0.5) is 0 Å². The lowest BCUT2D eigenvalue weighted by atomic mass is 10.1. The molecule has 0 radical (unpaired) electrons. The lowest BCUT2D eigenvalue weighted by Crippen LogP contribution is -2.24. The fourth-order valence-corrected chi connectivity index (χ4v) is 2.91. The van der Waals surface area contributed by atoms with Gasteiger partial charge in [-0.15, -0.1) is 0 Å². The molecule has 1 aliphatic heterocycles. The molecule has 2 aromatic carbocycles. The van der Waals surface area contributed by atoms with Crippen molar-refractivity contribution >= 4 is 17.5 Å². The Morgan fingerprint density at radius 3 is 2.88 bits per heavy atom. The fraction of sp³-hybridized carbons (Fsp3) is 0.316. The maximum atomic E-state index is 12.2. The number of benzene rings is 2. The minimum Gasteiger partial charge on any atom is -0.497 e. The quantitative estimate of drug-likeness (QED) is 0.887. The molecule has 1 aliphatic rings. The lowest BCUT2D eigenvalue weighted by molar-refractivity contribution is -0.120. The van der Waals surface area contributed by atoms with Crippen LogP contribution in [0, 0.1) is 0 Å². The Bertz CT molecular complexity index is 763. The Balaban J connectivity index is 1.62. The minimum absolute atomic E-state index is 0.0895. The van der Waals surface area contributed by atoms with Gasteiger partial charge in [-0.25, -0.2) is 0 Å². The standard InChI is InChI=1S/C19H20ClNO4/c1-23-15-5-2-4-13(8-15)12-21-18(22)11-14-9-16(20)19-17(10-14)24-6-3-7-25-19/h2,4-5,8-10H,3,6-7,11-12H2,1H3,(H,21,22). The Morgan fingerprint density at radius 2 is 2.04 bits per heavy atom. The van der Waals surface area contributed by atoms with E-state index in [0.29, 0.717) is 36.3 Å². The van der Waals surface area contributed by atoms with Crippen molar-refractivity contribution in [2.24, 2.45) is 0 Å². The van der Waals surface area contributed by atoms with Crippen molar-refractivity contribution in [1.29, 1.82) is 0 Å². The third-order valence-electron chi connectivity index (χ3n) is 3.85. The first-order valence-corrected chi connectivity index (χ1v) is 8.51. The van der Waals surface area contributed by atoms with Crippen LogP contribution < -0.4 is 19.5 Å². The summed E-state index contributed by atoms with van der Waals surface area (Å²) in [6.45, 7) is 1.59. The van der Waals surface area contributed by atoms with Gasteiger partial charge in [-0.05, 0) is 35.4 Å². The topological polar surface area (TPSA) is 56.8 Å². The van der Waals surface area contributed by atoms with E-state index in [2.05, 4.69) is 5.32 Å². The molecule has 0 spiro atoms. The number of amides is 1. The zero-order chi connectivity index (χ0) is 17.6. The number of rotatable bonds is 5. The molecule has 25 heavy (non-hydrogen) atoms. The Kier molecular flexibility index (Phi) is 5.66. The zero-order valence-electron chi connectivity index (χ0n) is 14.0. The van der Waals surface area contributed by atoms with Gasteiger partial charge in [-0.1, -0.05) is 23.7 Å². The molecular formula is C19H20ClNO4. The van der Waals surface area contributed by atoms with E-state index < -0.39 is 0 Å². The molecule has 132 valence electrons. The van der Waals surface area contributed by atoms with Gasteiger partial charge in [0.05, 0.1) is 31.8 Å². The molecule has 0 bridgehead atoms. The zero-order valence-corrected chi connectivity index (χ0v) is 14.8. The predicted octanol–water partition coefficient (Wildman–Crippen LogP) is 3.37. The van der Waals surface area contributed by atoms with Crippen molar-refractivity contribution in [2.75, 3.05) is 20.3 Å². The van der Waals surface area contributed by atoms with Gasteiger partial charge in [-0.3, -0.25) is 4.79 Å². The highest BCUT2D eigenvalue weighted by atomic mass is 35.5. The number of halogens is 1. The van der Waals surface area contributed by atoms with E-state index in [1.54, 1.807) is 13.2 Å². The molecular weight excluding hydrogens is 342 g/mol. The summed E-state index contributed by atoms with van der Waals surface area (Å²) >= 11 is 6.26. The Morgan fingerprint density at radius 1 is 1.20 bits per heavy atom. The van der Waals surface area contributed by atoms with Crippen molar-refractivity contribution in [3.8, 4) is 17.2 Å². The third-order valence-corrected chi connectivity index (χ3v) is 4.13. The number of fused-ring (bicyclic) bond motifs is 1. The van der Waals surface area contributed by atoms with Crippen molar-refractivity contribution in [3.05, 3.63) is 52.5 Å². The summed E-state index contributed by atoms with van der Waals surface area (Å²) in [7, 11) is 1.62. The molecule has 0 fully saturated rings. The average molecular weight is 362 g/mol. The van der Waals surface area contributed by atoms with Crippen LogP contribution in [0.5, 0.6) is 17.2 Å². The number of methoxy groups -OCH3 is 1. The summed E-state index contributed by atoms with van der Waals surface area (Å²) in [5.41, 5.74) is 1.77. The lowest BCUT2D eigenvalue weighted by Gasteiger charge is -2.12. The molecule has 0 saturated carbocycles. The molecule has 1 heterocycles. The number of carbonyl (C=O) groups is 1. The van der Waals surface area contributed by atoms with Crippen LogP contribution in [0.3, 0.4) is 0 Å². The second kappa shape index (κ2) is 8.12. The number of carbonyl (C=O) groups excluding carboxylic acids is 1. The SMILES string of the molecule is COc1cccc(CNC(=O)Cc2cc(Cl)c3c(c2)OCCCO3)c1. The van der Waals surface area contributed by atoms with Gasteiger partial charge in [0.15, 0.2) is 11.5 Å². The smallest absolute Gasteiger partial charge is 0.224 e. The molecule has 0 atom stereocenters. The third kappa shape index (κ3) is 4.57. The van der Waals surface area contributed by atoms with Gasteiger partial charge >= 0.3 is 0 Å². The summed E-state index contributed by atoms with van der Waals surface area (Å²) < 4.78 is 16.4. The van der Waals surface area contributed by atoms with Crippen molar-refractivity contribution < 1.29 is 19.0 Å². The molecule has 0 unspecified atom stereocenters. The predicted molar refractivity (Wildman–Crippen MR) is 95.6 cm³/mol. The van der Waals surface area contributed by atoms with E-state index in [0.717, 1.165) is 23.3 Å². The largest absolute Gasteiger partial charge is 0.497 e. The molecule has 1 N–H and O–H groups in total. The normalized spacial score (nSPS) is 13.0. The van der Waals surface area contributed by atoms with Gasteiger partial charge in [-0.2, -0.15) is 0 Å². The molecule has 5 nitrogen and oxygen atoms in total.